The lowest BCUT2D eigenvalue weighted by atomic mass is 10.2. The minimum Gasteiger partial charge on any atom is -0.368 e. The highest BCUT2D eigenvalue weighted by atomic mass is 16.5. The number of hydrogen-bond donors (Lipinski definition) is 2. The summed E-state index contributed by atoms with van der Waals surface area (Å²) in [5, 5.41) is 10.3. The predicted molar refractivity (Wildman–Crippen MR) is 52.0 cm³/mol. The monoisotopic (exact) mass is 196 g/mol. The number of nitrogens with zero attached hydrogens (tertiary/aromatic N) is 2. The molecule has 14 heavy (non-hydrogen) atoms. The number of nitrogens with one attached hydrogen (secondary N) is 2. The summed E-state index contributed by atoms with van der Waals surface area (Å²) in [5.74, 6) is 2.05. The van der Waals surface area contributed by atoms with Crippen molar-refractivity contribution >= 4 is 0 Å². The van der Waals surface area contributed by atoms with Gasteiger partial charge in [-0.1, -0.05) is 13.8 Å². The van der Waals surface area contributed by atoms with Crippen LogP contribution in [-0.4, -0.2) is 34.9 Å². The van der Waals surface area contributed by atoms with Gasteiger partial charge < -0.3 is 10.1 Å². The normalized spacial score (nSPS) is 22.9. The average Bonchev–Trinajstić information content (AvgIpc) is 2.68. The van der Waals surface area contributed by atoms with Crippen LogP contribution in [0, 0.1) is 0 Å². The summed E-state index contributed by atoms with van der Waals surface area (Å²) >= 11 is 0. The summed E-state index contributed by atoms with van der Waals surface area (Å²) in [6.45, 7) is 6.62. The Morgan fingerprint density at radius 2 is 2.36 bits per heavy atom. The molecule has 1 aliphatic heterocycles. The molecular weight excluding hydrogens is 180 g/mol. The van der Waals surface area contributed by atoms with Crippen LogP contribution in [0.5, 0.6) is 0 Å². The van der Waals surface area contributed by atoms with Crippen molar-refractivity contribution in [1.82, 2.24) is 20.5 Å². The Kier molecular flexibility index (Phi) is 2.79. The minimum absolute atomic E-state index is 0.0312. The van der Waals surface area contributed by atoms with E-state index in [4.69, 9.17) is 4.74 Å². The van der Waals surface area contributed by atoms with Crippen molar-refractivity contribution in [2.24, 2.45) is 0 Å². The van der Waals surface area contributed by atoms with Crippen molar-refractivity contribution in [3.63, 3.8) is 0 Å². The van der Waals surface area contributed by atoms with Crippen LogP contribution in [0.1, 0.15) is 37.5 Å². The van der Waals surface area contributed by atoms with E-state index in [1.165, 1.54) is 0 Å². The predicted octanol–water partition coefficient (Wildman–Crippen LogP) is 0.589. The number of morpholine rings is 1. The van der Waals surface area contributed by atoms with Crippen LogP contribution in [-0.2, 0) is 4.74 Å². The van der Waals surface area contributed by atoms with E-state index in [0.717, 1.165) is 31.3 Å². The number of hydrogen-bond acceptors (Lipinski definition) is 4. The van der Waals surface area contributed by atoms with E-state index in [-0.39, 0.29) is 6.10 Å². The fourth-order valence-corrected chi connectivity index (χ4v) is 1.43. The van der Waals surface area contributed by atoms with E-state index in [9.17, 15) is 0 Å². The SMILES string of the molecule is CC(C)c1n[nH]c(C2CNCCO2)n1. The van der Waals surface area contributed by atoms with E-state index in [2.05, 4.69) is 34.3 Å². The lowest BCUT2D eigenvalue weighted by molar-refractivity contribution is 0.0223. The van der Waals surface area contributed by atoms with Crippen molar-refractivity contribution in [3.8, 4) is 0 Å². The molecule has 5 nitrogen and oxygen atoms in total. The van der Waals surface area contributed by atoms with Gasteiger partial charge in [0.15, 0.2) is 11.6 Å². The zero-order valence-electron chi connectivity index (χ0n) is 8.58. The second-order valence-electron chi connectivity index (χ2n) is 3.80. The molecule has 1 fully saturated rings. The molecule has 1 unspecified atom stereocenters. The first-order valence-corrected chi connectivity index (χ1v) is 5.02. The summed E-state index contributed by atoms with van der Waals surface area (Å²) in [4.78, 5) is 4.40. The van der Waals surface area contributed by atoms with Crippen LogP contribution < -0.4 is 5.32 Å². The molecular formula is C9H16N4O. The average molecular weight is 196 g/mol. The van der Waals surface area contributed by atoms with Gasteiger partial charge in [-0.05, 0) is 0 Å². The van der Waals surface area contributed by atoms with E-state index >= 15 is 0 Å². The highest BCUT2D eigenvalue weighted by Gasteiger charge is 2.19. The first-order valence-electron chi connectivity index (χ1n) is 5.02. The topological polar surface area (TPSA) is 62.8 Å². The third kappa shape index (κ3) is 1.93. The molecule has 0 amide bonds. The second-order valence-corrected chi connectivity index (χ2v) is 3.80. The molecule has 1 aromatic rings. The van der Waals surface area contributed by atoms with Crippen molar-refractivity contribution in [1.29, 1.82) is 0 Å². The Hall–Kier alpha value is -0.940. The van der Waals surface area contributed by atoms with E-state index < -0.39 is 0 Å². The molecule has 0 bridgehead atoms. The Balaban J connectivity index is 2.07. The molecule has 2 N–H and O–H groups in total. The Bertz CT molecular complexity index is 291. The maximum absolute atomic E-state index is 5.56. The number of ether oxygens (including phenoxy) is 1. The third-order valence-electron chi connectivity index (χ3n) is 2.27. The van der Waals surface area contributed by atoms with Gasteiger partial charge in [-0.2, -0.15) is 5.10 Å². The summed E-state index contributed by atoms with van der Waals surface area (Å²) in [7, 11) is 0. The summed E-state index contributed by atoms with van der Waals surface area (Å²) in [6, 6.07) is 0. The number of aromatic nitrogens is 3. The molecule has 1 aromatic heterocycles. The molecule has 1 aliphatic rings. The third-order valence-corrected chi connectivity index (χ3v) is 2.27. The maximum Gasteiger partial charge on any atom is 0.155 e. The van der Waals surface area contributed by atoms with Crippen LogP contribution in [0.2, 0.25) is 0 Å². The van der Waals surface area contributed by atoms with Crippen molar-refractivity contribution in [2.45, 2.75) is 25.9 Å². The molecule has 0 saturated carbocycles. The lowest BCUT2D eigenvalue weighted by Crippen LogP contribution is -2.33. The minimum atomic E-state index is 0.0312. The lowest BCUT2D eigenvalue weighted by Gasteiger charge is -2.21. The second kappa shape index (κ2) is 4.06. The summed E-state index contributed by atoms with van der Waals surface area (Å²) < 4.78 is 5.56. The van der Waals surface area contributed by atoms with E-state index in [0.29, 0.717) is 5.92 Å². The van der Waals surface area contributed by atoms with Gasteiger partial charge >= 0.3 is 0 Å². The molecule has 0 radical (unpaired) electrons. The zero-order valence-corrected chi connectivity index (χ0v) is 8.58. The quantitative estimate of drug-likeness (QED) is 0.726. The highest BCUT2D eigenvalue weighted by Crippen LogP contribution is 2.16. The molecule has 1 atom stereocenters. The Labute approximate surface area is 83.3 Å². The smallest absolute Gasteiger partial charge is 0.155 e. The van der Waals surface area contributed by atoms with Gasteiger partial charge in [0.2, 0.25) is 0 Å². The van der Waals surface area contributed by atoms with Crippen LogP contribution in [0.3, 0.4) is 0 Å². The highest BCUT2D eigenvalue weighted by molar-refractivity contribution is 4.99. The van der Waals surface area contributed by atoms with Crippen LogP contribution >= 0.6 is 0 Å². The number of rotatable bonds is 2. The van der Waals surface area contributed by atoms with Crippen molar-refractivity contribution in [2.75, 3.05) is 19.7 Å². The molecule has 2 rings (SSSR count). The van der Waals surface area contributed by atoms with Crippen LogP contribution in [0.15, 0.2) is 0 Å². The van der Waals surface area contributed by atoms with Gasteiger partial charge in [0.05, 0.1) is 6.61 Å². The first kappa shape index (κ1) is 9.61. The van der Waals surface area contributed by atoms with E-state index in [1.807, 2.05) is 0 Å². The molecule has 0 spiro atoms. The van der Waals surface area contributed by atoms with Gasteiger partial charge in [0.25, 0.3) is 0 Å². The maximum atomic E-state index is 5.56. The molecule has 5 heteroatoms. The fourth-order valence-electron chi connectivity index (χ4n) is 1.43. The van der Waals surface area contributed by atoms with Crippen LogP contribution in [0.25, 0.3) is 0 Å². The van der Waals surface area contributed by atoms with Crippen LogP contribution in [0.4, 0.5) is 0 Å². The molecule has 0 aliphatic carbocycles. The number of H-pyrrole nitrogens is 1. The Morgan fingerprint density at radius 1 is 1.50 bits per heavy atom. The molecule has 1 saturated heterocycles. The summed E-state index contributed by atoms with van der Waals surface area (Å²) in [6.07, 6.45) is 0.0312. The standard InChI is InChI=1S/C9H16N4O/c1-6(2)8-11-9(13-12-8)7-5-10-3-4-14-7/h6-7,10H,3-5H2,1-2H3,(H,11,12,13). The molecule has 2 heterocycles. The first-order chi connectivity index (χ1) is 6.77. The van der Waals surface area contributed by atoms with Gasteiger partial charge in [-0.3, -0.25) is 5.10 Å². The van der Waals surface area contributed by atoms with Crippen molar-refractivity contribution in [3.05, 3.63) is 11.6 Å². The van der Waals surface area contributed by atoms with Gasteiger partial charge in [-0.25, -0.2) is 4.98 Å². The zero-order chi connectivity index (χ0) is 9.97. The van der Waals surface area contributed by atoms with Crippen molar-refractivity contribution < 1.29 is 4.74 Å². The largest absolute Gasteiger partial charge is 0.368 e. The fraction of sp³-hybridized carbons (Fsp3) is 0.778. The molecule has 78 valence electrons. The van der Waals surface area contributed by atoms with Gasteiger partial charge in [0, 0.05) is 19.0 Å². The number of aromatic amines is 1. The van der Waals surface area contributed by atoms with Gasteiger partial charge in [0.1, 0.15) is 6.10 Å². The summed E-state index contributed by atoms with van der Waals surface area (Å²) in [5.41, 5.74) is 0. The van der Waals surface area contributed by atoms with Gasteiger partial charge in [-0.15, -0.1) is 0 Å². The molecule has 0 aromatic carbocycles. The van der Waals surface area contributed by atoms with E-state index in [1.54, 1.807) is 0 Å². The Morgan fingerprint density at radius 3 is 2.93 bits per heavy atom.